The second-order valence-corrected chi connectivity index (χ2v) is 5.07. The summed E-state index contributed by atoms with van der Waals surface area (Å²) in [6.45, 7) is 8.02. The summed E-state index contributed by atoms with van der Waals surface area (Å²) in [5, 5.41) is 3.94. The summed E-state index contributed by atoms with van der Waals surface area (Å²) in [6, 6.07) is 7.99. The number of para-hydroxylation sites is 1. The van der Waals surface area contributed by atoms with Gasteiger partial charge in [0.05, 0.1) is 11.1 Å². The van der Waals surface area contributed by atoms with Crippen LogP contribution in [0.4, 0.5) is 0 Å². The highest BCUT2D eigenvalue weighted by molar-refractivity contribution is 6.06. The number of carbonyl (C=O) groups is 1. The van der Waals surface area contributed by atoms with Crippen molar-refractivity contribution in [3.05, 3.63) is 41.1 Å². The van der Waals surface area contributed by atoms with Crippen molar-refractivity contribution in [1.82, 2.24) is 10.3 Å². The van der Waals surface area contributed by atoms with Gasteiger partial charge >= 0.3 is 0 Å². The Hall–Kier alpha value is -1.90. The lowest BCUT2D eigenvalue weighted by atomic mass is 10.0. The fraction of sp³-hybridized carbons (Fsp3) is 0.375. The smallest absolute Gasteiger partial charge is 0.252 e. The number of benzene rings is 1. The number of rotatable bonds is 3. The van der Waals surface area contributed by atoms with Crippen LogP contribution in [-0.2, 0) is 0 Å². The molecule has 0 saturated heterocycles. The van der Waals surface area contributed by atoms with Gasteiger partial charge < -0.3 is 5.32 Å². The van der Waals surface area contributed by atoms with Gasteiger partial charge in [0.2, 0.25) is 0 Å². The molecular weight excluding hydrogens is 236 g/mol. The SMILES string of the molecule is CC[C@H](C)NC(=O)c1cc(C)nc2c(C)cccc12. The van der Waals surface area contributed by atoms with E-state index in [4.69, 9.17) is 0 Å². The molecule has 0 radical (unpaired) electrons. The number of pyridine rings is 1. The van der Waals surface area contributed by atoms with E-state index in [0.717, 1.165) is 28.6 Å². The minimum atomic E-state index is -0.0181. The van der Waals surface area contributed by atoms with E-state index in [9.17, 15) is 4.79 Å². The second-order valence-electron chi connectivity index (χ2n) is 5.07. The van der Waals surface area contributed by atoms with Gasteiger partial charge in [-0.05, 0) is 38.8 Å². The number of nitrogens with zero attached hydrogens (tertiary/aromatic N) is 1. The van der Waals surface area contributed by atoms with Crippen LogP contribution in [0.15, 0.2) is 24.3 Å². The first-order valence-electron chi connectivity index (χ1n) is 6.70. The molecule has 0 saturated carbocycles. The normalized spacial score (nSPS) is 12.4. The first-order valence-corrected chi connectivity index (χ1v) is 6.70. The van der Waals surface area contributed by atoms with E-state index in [-0.39, 0.29) is 11.9 Å². The Bertz CT molecular complexity index is 619. The van der Waals surface area contributed by atoms with Gasteiger partial charge in [-0.2, -0.15) is 0 Å². The van der Waals surface area contributed by atoms with E-state index < -0.39 is 0 Å². The average Bonchev–Trinajstić information content (AvgIpc) is 2.38. The summed E-state index contributed by atoms with van der Waals surface area (Å²) >= 11 is 0. The molecule has 0 bridgehead atoms. The third-order valence-corrected chi connectivity index (χ3v) is 3.40. The van der Waals surface area contributed by atoms with Crippen LogP contribution in [0, 0.1) is 13.8 Å². The molecule has 0 spiro atoms. The maximum Gasteiger partial charge on any atom is 0.252 e. The largest absolute Gasteiger partial charge is 0.350 e. The molecule has 100 valence electrons. The van der Waals surface area contributed by atoms with Crippen LogP contribution in [0.5, 0.6) is 0 Å². The topological polar surface area (TPSA) is 42.0 Å². The van der Waals surface area contributed by atoms with Gasteiger partial charge in [-0.15, -0.1) is 0 Å². The van der Waals surface area contributed by atoms with Crippen molar-refractivity contribution in [2.24, 2.45) is 0 Å². The van der Waals surface area contributed by atoms with Crippen molar-refractivity contribution in [2.45, 2.75) is 40.2 Å². The standard InChI is InChI=1S/C16H20N2O/c1-5-11(3)18-16(19)14-9-12(4)17-15-10(2)7-6-8-13(14)15/h6-9,11H,5H2,1-4H3,(H,18,19)/t11-/m0/s1. The van der Waals surface area contributed by atoms with E-state index in [1.807, 2.05) is 45.0 Å². The van der Waals surface area contributed by atoms with Crippen molar-refractivity contribution in [3.8, 4) is 0 Å². The lowest BCUT2D eigenvalue weighted by Crippen LogP contribution is -2.32. The zero-order chi connectivity index (χ0) is 14.0. The highest BCUT2D eigenvalue weighted by Crippen LogP contribution is 2.21. The molecule has 3 heteroatoms. The summed E-state index contributed by atoms with van der Waals surface area (Å²) in [6.07, 6.45) is 0.923. The molecule has 0 aliphatic heterocycles. The summed E-state index contributed by atoms with van der Waals surface area (Å²) < 4.78 is 0. The highest BCUT2D eigenvalue weighted by Gasteiger charge is 2.14. The van der Waals surface area contributed by atoms with E-state index in [1.54, 1.807) is 0 Å². The Kier molecular flexibility index (Phi) is 3.84. The van der Waals surface area contributed by atoms with E-state index in [0.29, 0.717) is 5.56 Å². The average molecular weight is 256 g/mol. The maximum absolute atomic E-state index is 12.4. The molecule has 0 unspecified atom stereocenters. The molecule has 19 heavy (non-hydrogen) atoms. The maximum atomic E-state index is 12.4. The zero-order valence-electron chi connectivity index (χ0n) is 11.9. The molecule has 2 rings (SSSR count). The van der Waals surface area contributed by atoms with Gasteiger partial charge in [0, 0.05) is 17.1 Å². The molecule has 1 aromatic carbocycles. The summed E-state index contributed by atoms with van der Waals surface area (Å²) in [4.78, 5) is 16.9. The van der Waals surface area contributed by atoms with E-state index in [1.165, 1.54) is 0 Å². The van der Waals surface area contributed by atoms with Crippen molar-refractivity contribution >= 4 is 16.8 Å². The molecule has 2 aromatic rings. The number of fused-ring (bicyclic) bond motifs is 1. The van der Waals surface area contributed by atoms with Crippen molar-refractivity contribution < 1.29 is 4.79 Å². The van der Waals surface area contributed by atoms with Crippen LogP contribution in [0.2, 0.25) is 0 Å². The van der Waals surface area contributed by atoms with Crippen LogP contribution in [-0.4, -0.2) is 16.9 Å². The number of carbonyl (C=O) groups excluding carboxylic acids is 1. The molecule has 3 nitrogen and oxygen atoms in total. The molecule has 0 aliphatic rings. The van der Waals surface area contributed by atoms with Gasteiger partial charge in [0.25, 0.3) is 5.91 Å². The minimum absolute atomic E-state index is 0.0181. The lowest BCUT2D eigenvalue weighted by molar-refractivity contribution is 0.0941. The van der Waals surface area contributed by atoms with Crippen LogP contribution < -0.4 is 5.32 Å². The second kappa shape index (κ2) is 5.39. The number of amides is 1. The Labute approximate surface area is 114 Å². The number of nitrogens with one attached hydrogen (secondary N) is 1. The summed E-state index contributed by atoms with van der Waals surface area (Å²) in [7, 11) is 0. The number of hydrogen-bond acceptors (Lipinski definition) is 2. The monoisotopic (exact) mass is 256 g/mol. The van der Waals surface area contributed by atoms with Crippen molar-refractivity contribution in [2.75, 3.05) is 0 Å². The third kappa shape index (κ3) is 2.75. The van der Waals surface area contributed by atoms with Crippen LogP contribution in [0.25, 0.3) is 10.9 Å². The van der Waals surface area contributed by atoms with Gasteiger partial charge in [-0.1, -0.05) is 25.1 Å². The zero-order valence-corrected chi connectivity index (χ0v) is 11.9. The fourth-order valence-electron chi connectivity index (χ4n) is 2.11. The van der Waals surface area contributed by atoms with Gasteiger partial charge in [0.1, 0.15) is 0 Å². The Morgan fingerprint density at radius 2 is 2.11 bits per heavy atom. The molecule has 0 aliphatic carbocycles. The predicted molar refractivity (Wildman–Crippen MR) is 78.4 cm³/mol. The third-order valence-electron chi connectivity index (χ3n) is 3.40. The van der Waals surface area contributed by atoms with Gasteiger partial charge in [-0.25, -0.2) is 0 Å². The van der Waals surface area contributed by atoms with Gasteiger partial charge in [0.15, 0.2) is 0 Å². The number of hydrogen-bond donors (Lipinski definition) is 1. The van der Waals surface area contributed by atoms with Crippen LogP contribution >= 0.6 is 0 Å². The molecule has 0 fully saturated rings. The molecular formula is C16H20N2O. The van der Waals surface area contributed by atoms with E-state index >= 15 is 0 Å². The molecule has 1 amide bonds. The van der Waals surface area contributed by atoms with Crippen LogP contribution in [0.3, 0.4) is 0 Å². The quantitative estimate of drug-likeness (QED) is 0.914. The molecule has 1 heterocycles. The predicted octanol–water partition coefficient (Wildman–Crippen LogP) is 3.38. The number of aryl methyl sites for hydroxylation is 2. The Morgan fingerprint density at radius 1 is 1.37 bits per heavy atom. The number of aromatic nitrogens is 1. The lowest BCUT2D eigenvalue weighted by Gasteiger charge is -2.14. The first-order chi connectivity index (χ1) is 9.02. The summed E-state index contributed by atoms with van der Waals surface area (Å²) in [5.74, 6) is -0.0181. The van der Waals surface area contributed by atoms with Gasteiger partial charge in [-0.3, -0.25) is 9.78 Å². The highest BCUT2D eigenvalue weighted by atomic mass is 16.1. The molecule has 1 atom stereocenters. The van der Waals surface area contributed by atoms with Crippen molar-refractivity contribution in [1.29, 1.82) is 0 Å². The summed E-state index contributed by atoms with van der Waals surface area (Å²) in [5.41, 5.74) is 3.60. The Morgan fingerprint density at radius 3 is 2.79 bits per heavy atom. The van der Waals surface area contributed by atoms with Crippen molar-refractivity contribution in [3.63, 3.8) is 0 Å². The minimum Gasteiger partial charge on any atom is -0.350 e. The first kappa shape index (κ1) is 13.5. The Balaban J connectivity index is 2.54. The molecule has 1 N–H and O–H groups in total. The van der Waals surface area contributed by atoms with Crippen LogP contribution in [0.1, 0.15) is 41.9 Å². The fourth-order valence-corrected chi connectivity index (χ4v) is 2.11. The molecule has 1 aromatic heterocycles. The van der Waals surface area contributed by atoms with E-state index in [2.05, 4.69) is 17.2 Å².